The first-order chi connectivity index (χ1) is 15.3. The molecule has 0 heterocycles. The third-order valence-corrected chi connectivity index (χ3v) is 9.57. The van der Waals surface area contributed by atoms with E-state index in [0.29, 0.717) is 19.3 Å². The van der Waals surface area contributed by atoms with Gasteiger partial charge in [0, 0.05) is 11.8 Å². The summed E-state index contributed by atoms with van der Waals surface area (Å²) >= 11 is 0. The van der Waals surface area contributed by atoms with Crippen LogP contribution in [0.3, 0.4) is 0 Å². The van der Waals surface area contributed by atoms with Gasteiger partial charge in [-0.2, -0.15) is 0 Å². The lowest BCUT2D eigenvalue weighted by atomic mass is 9.45. The number of ether oxygens (including phenoxy) is 1. The van der Waals surface area contributed by atoms with E-state index in [1.807, 2.05) is 33.8 Å². The maximum atomic E-state index is 13.2. The predicted molar refractivity (Wildman–Crippen MR) is 123 cm³/mol. The van der Waals surface area contributed by atoms with E-state index in [2.05, 4.69) is 6.92 Å². The van der Waals surface area contributed by atoms with Crippen LogP contribution in [-0.4, -0.2) is 46.1 Å². The van der Waals surface area contributed by atoms with E-state index in [-0.39, 0.29) is 40.8 Å². The Labute approximate surface area is 197 Å². The summed E-state index contributed by atoms with van der Waals surface area (Å²) in [5.41, 5.74) is -1.47. The molecule has 0 aromatic rings. The fourth-order valence-electron chi connectivity index (χ4n) is 8.15. The molecule has 7 atom stereocenters. The lowest BCUT2D eigenvalue weighted by Gasteiger charge is -2.60. The van der Waals surface area contributed by atoms with E-state index >= 15 is 0 Å². The SMILES string of the molecule is CC(C)(C)CC(=O)O[C@]1(C(=O)CO)CC[C@H]2[C@@H]3CCC4=CC(=O)CC[C@]4(C)[C@H]3[C@@H](O)C[C@@]21C. The number of rotatable bonds is 4. The fraction of sp³-hybridized carbons (Fsp3) is 0.815. The summed E-state index contributed by atoms with van der Waals surface area (Å²) in [4.78, 5) is 38.3. The second-order valence-electron chi connectivity index (χ2n) is 12.7. The normalized spacial score (nSPS) is 42.6. The average molecular weight is 461 g/mol. The minimum Gasteiger partial charge on any atom is -0.450 e. The Morgan fingerprint density at radius 2 is 1.85 bits per heavy atom. The molecule has 4 aliphatic carbocycles. The minimum atomic E-state index is -1.40. The summed E-state index contributed by atoms with van der Waals surface area (Å²) in [5, 5.41) is 21.5. The van der Waals surface area contributed by atoms with Gasteiger partial charge in [-0.15, -0.1) is 0 Å². The number of ketones is 2. The van der Waals surface area contributed by atoms with Crippen molar-refractivity contribution >= 4 is 17.5 Å². The predicted octanol–water partition coefficient (Wildman–Crippen LogP) is 3.77. The van der Waals surface area contributed by atoms with Gasteiger partial charge in [0.1, 0.15) is 6.61 Å². The molecular weight excluding hydrogens is 420 g/mol. The number of hydrogen-bond acceptors (Lipinski definition) is 6. The van der Waals surface area contributed by atoms with E-state index in [0.717, 1.165) is 31.3 Å². The monoisotopic (exact) mass is 460 g/mol. The van der Waals surface area contributed by atoms with Gasteiger partial charge >= 0.3 is 5.97 Å². The molecule has 184 valence electrons. The Morgan fingerprint density at radius 1 is 1.15 bits per heavy atom. The molecule has 0 aliphatic heterocycles. The third-order valence-electron chi connectivity index (χ3n) is 9.57. The van der Waals surface area contributed by atoms with Crippen LogP contribution in [0.25, 0.3) is 0 Å². The molecule has 0 unspecified atom stereocenters. The van der Waals surface area contributed by atoms with Gasteiger partial charge in [-0.1, -0.05) is 40.2 Å². The van der Waals surface area contributed by atoms with Crippen molar-refractivity contribution in [2.24, 2.45) is 34.0 Å². The van der Waals surface area contributed by atoms with Crippen LogP contribution in [0.1, 0.15) is 86.0 Å². The average Bonchev–Trinajstić information content (AvgIpc) is 2.98. The Bertz CT molecular complexity index is 884. The van der Waals surface area contributed by atoms with Gasteiger partial charge < -0.3 is 14.9 Å². The zero-order valence-corrected chi connectivity index (χ0v) is 20.8. The van der Waals surface area contributed by atoms with Crippen molar-refractivity contribution < 1.29 is 29.3 Å². The highest BCUT2D eigenvalue weighted by molar-refractivity contribution is 5.92. The number of esters is 1. The number of aliphatic hydroxyl groups excluding tert-OH is 2. The zero-order valence-electron chi connectivity index (χ0n) is 20.8. The molecule has 0 aromatic carbocycles. The van der Waals surface area contributed by atoms with Gasteiger partial charge in [-0.05, 0) is 73.2 Å². The number of Topliss-reactive ketones (excluding diaryl/α,β-unsaturated/α-hetero) is 1. The van der Waals surface area contributed by atoms with E-state index in [1.54, 1.807) is 0 Å². The number of carbonyl (C=O) groups is 3. The number of aliphatic hydroxyl groups is 2. The van der Waals surface area contributed by atoms with Crippen LogP contribution in [0, 0.1) is 34.0 Å². The lowest BCUT2D eigenvalue weighted by Crippen LogP contribution is -2.63. The first-order valence-electron chi connectivity index (χ1n) is 12.6. The molecule has 33 heavy (non-hydrogen) atoms. The van der Waals surface area contributed by atoms with Crippen molar-refractivity contribution in [2.75, 3.05) is 6.61 Å². The van der Waals surface area contributed by atoms with Crippen LogP contribution in [0.4, 0.5) is 0 Å². The van der Waals surface area contributed by atoms with Crippen LogP contribution in [0.5, 0.6) is 0 Å². The molecule has 3 saturated carbocycles. The van der Waals surface area contributed by atoms with E-state index < -0.39 is 35.5 Å². The van der Waals surface area contributed by atoms with Crippen LogP contribution in [-0.2, 0) is 19.1 Å². The van der Waals surface area contributed by atoms with Gasteiger partial charge in [0.15, 0.2) is 11.4 Å². The Balaban J connectivity index is 1.71. The molecule has 0 spiro atoms. The Kier molecular flexibility index (Phi) is 5.97. The summed E-state index contributed by atoms with van der Waals surface area (Å²) < 4.78 is 6.06. The van der Waals surface area contributed by atoms with Crippen molar-refractivity contribution in [2.45, 2.75) is 97.7 Å². The molecule has 6 heteroatoms. The number of hydrogen-bond donors (Lipinski definition) is 2. The maximum Gasteiger partial charge on any atom is 0.307 e. The minimum absolute atomic E-state index is 0.0222. The number of fused-ring (bicyclic) bond motifs is 5. The highest BCUT2D eigenvalue weighted by Gasteiger charge is 2.70. The van der Waals surface area contributed by atoms with Crippen molar-refractivity contribution in [1.82, 2.24) is 0 Å². The first-order valence-corrected chi connectivity index (χ1v) is 12.6. The Morgan fingerprint density at radius 3 is 2.48 bits per heavy atom. The van der Waals surface area contributed by atoms with Crippen LogP contribution < -0.4 is 0 Å². The largest absolute Gasteiger partial charge is 0.450 e. The second-order valence-corrected chi connectivity index (χ2v) is 12.7. The van der Waals surface area contributed by atoms with Gasteiger partial charge in [0.25, 0.3) is 0 Å². The van der Waals surface area contributed by atoms with Crippen molar-refractivity contribution in [3.05, 3.63) is 11.6 Å². The van der Waals surface area contributed by atoms with Crippen molar-refractivity contribution in [1.29, 1.82) is 0 Å². The fourth-order valence-corrected chi connectivity index (χ4v) is 8.15. The lowest BCUT2D eigenvalue weighted by molar-refractivity contribution is -0.203. The quantitative estimate of drug-likeness (QED) is 0.620. The molecule has 2 N–H and O–H groups in total. The second kappa shape index (κ2) is 8.01. The summed E-state index contributed by atoms with van der Waals surface area (Å²) in [6.45, 7) is 9.35. The van der Waals surface area contributed by atoms with Gasteiger partial charge in [-0.25, -0.2) is 0 Å². The van der Waals surface area contributed by atoms with Gasteiger partial charge in [0.05, 0.1) is 12.5 Å². The van der Waals surface area contributed by atoms with E-state index in [1.165, 1.54) is 0 Å². The van der Waals surface area contributed by atoms with E-state index in [4.69, 9.17) is 4.74 Å². The standard InChI is InChI=1S/C27H40O6/c1-24(2,3)14-22(32)33-27(21(31)15-28)11-9-19-18-7-6-16-12-17(29)8-10-25(16,4)23(18)20(30)13-26(19,27)5/h12,18-20,23,28,30H,6-11,13-15H2,1-5H3/t18-,19-,20-,23+,25-,26-,27-/m0/s1. The smallest absolute Gasteiger partial charge is 0.307 e. The topological polar surface area (TPSA) is 101 Å². The maximum absolute atomic E-state index is 13.2. The van der Waals surface area contributed by atoms with Gasteiger partial charge in [0.2, 0.25) is 5.78 Å². The van der Waals surface area contributed by atoms with Crippen LogP contribution in [0.15, 0.2) is 11.6 Å². The zero-order chi connectivity index (χ0) is 24.4. The van der Waals surface area contributed by atoms with E-state index in [9.17, 15) is 24.6 Å². The van der Waals surface area contributed by atoms with Crippen LogP contribution in [0.2, 0.25) is 0 Å². The number of carbonyl (C=O) groups excluding carboxylic acids is 3. The number of allylic oxidation sites excluding steroid dienone is 1. The van der Waals surface area contributed by atoms with Gasteiger partial charge in [-0.3, -0.25) is 14.4 Å². The molecule has 3 fully saturated rings. The summed E-state index contributed by atoms with van der Waals surface area (Å²) in [6.07, 6.45) is 5.74. The van der Waals surface area contributed by atoms with Crippen LogP contribution >= 0.6 is 0 Å². The molecule has 4 aliphatic rings. The molecule has 6 nitrogen and oxygen atoms in total. The molecule has 0 bridgehead atoms. The summed E-state index contributed by atoms with van der Waals surface area (Å²) in [6, 6.07) is 0. The van der Waals surface area contributed by atoms with Crippen molar-refractivity contribution in [3.63, 3.8) is 0 Å². The molecule has 4 rings (SSSR count). The molecule has 0 radical (unpaired) electrons. The molecular formula is C27H40O6. The Hall–Kier alpha value is -1.53. The van der Waals surface area contributed by atoms with Crippen molar-refractivity contribution in [3.8, 4) is 0 Å². The highest BCUT2D eigenvalue weighted by atomic mass is 16.6. The molecule has 0 aromatic heterocycles. The summed E-state index contributed by atoms with van der Waals surface area (Å²) in [5.74, 6) is -0.381. The first kappa shape index (κ1) is 24.6. The highest BCUT2D eigenvalue weighted by Crippen LogP contribution is 2.68. The third kappa shape index (κ3) is 3.72. The summed E-state index contributed by atoms with van der Waals surface area (Å²) in [7, 11) is 0. The molecule has 0 saturated heterocycles. The molecule has 0 amide bonds.